The number of rotatable bonds is 12. The number of fused-ring (bicyclic) bond motifs is 3. The Morgan fingerprint density at radius 2 is 1.50 bits per heavy atom. The van der Waals surface area contributed by atoms with Crippen LogP contribution in [0.5, 0.6) is 28.7 Å². The van der Waals surface area contributed by atoms with Gasteiger partial charge in [0, 0.05) is 30.6 Å². The fourth-order valence-electron chi connectivity index (χ4n) is 6.00. The lowest BCUT2D eigenvalue weighted by atomic mass is 9.89. The quantitative estimate of drug-likeness (QED) is 0.135. The van der Waals surface area contributed by atoms with Gasteiger partial charge in [-0.25, -0.2) is 19.2 Å². The van der Waals surface area contributed by atoms with E-state index >= 15 is 0 Å². The highest BCUT2D eigenvalue weighted by Gasteiger charge is 2.50. The molecule has 1 saturated heterocycles. The summed E-state index contributed by atoms with van der Waals surface area (Å²) >= 11 is 0. The minimum atomic E-state index is -1.64. The van der Waals surface area contributed by atoms with Crippen molar-refractivity contribution in [3.63, 3.8) is 0 Å². The number of hydrogen-bond acceptors (Lipinski definition) is 16. The summed E-state index contributed by atoms with van der Waals surface area (Å²) in [5, 5.41) is 0.877. The molecule has 3 aliphatic rings. The zero-order valence-corrected chi connectivity index (χ0v) is 29.8. The Balaban J connectivity index is 1.50. The van der Waals surface area contributed by atoms with Crippen LogP contribution in [0.4, 0.5) is 14.4 Å². The van der Waals surface area contributed by atoms with Crippen LogP contribution in [-0.2, 0) is 39.8 Å². The van der Waals surface area contributed by atoms with E-state index in [0.717, 1.165) is 4.90 Å². The topological polar surface area (TPSA) is 182 Å². The summed E-state index contributed by atoms with van der Waals surface area (Å²) in [6.45, 7) is 6.01. The number of cyclic esters (lactones) is 1. The van der Waals surface area contributed by atoms with Crippen LogP contribution < -0.4 is 23.7 Å². The highest BCUT2D eigenvalue weighted by molar-refractivity contribution is 6.14. The molecule has 17 nitrogen and oxygen atoms in total. The third kappa shape index (κ3) is 7.43. The number of carbonyl (C=O) groups is 4. The minimum Gasteiger partial charge on any atom is -0.493 e. The highest BCUT2D eigenvalue weighted by atomic mass is 16.8. The average Bonchev–Trinajstić information content (AvgIpc) is 3.80. The fraction of sp³-hybridized carbons (Fsp3) is 0.351. The van der Waals surface area contributed by atoms with Gasteiger partial charge in [0.1, 0.15) is 25.6 Å². The summed E-state index contributed by atoms with van der Waals surface area (Å²) in [5.74, 6) is 1.10. The molecule has 3 aromatic carbocycles. The molecule has 17 heteroatoms. The Labute approximate surface area is 308 Å². The molecular weight excluding hydrogens is 714 g/mol. The normalized spacial score (nSPS) is 19.4. The van der Waals surface area contributed by atoms with Crippen molar-refractivity contribution < 1.29 is 76.0 Å². The molecule has 0 bridgehead atoms. The van der Waals surface area contributed by atoms with Crippen molar-refractivity contribution in [3.05, 3.63) is 66.8 Å². The number of amides is 1. The molecule has 3 aromatic rings. The number of hydrogen-bond donors (Lipinski definition) is 0. The van der Waals surface area contributed by atoms with E-state index < -0.39 is 55.6 Å². The van der Waals surface area contributed by atoms with Crippen molar-refractivity contribution in [3.8, 4) is 39.9 Å². The van der Waals surface area contributed by atoms with Crippen LogP contribution in [-0.4, -0.2) is 109 Å². The minimum absolute atomic E-state index is 0.0377. The maximum atomic E-state index is 13.6. The molecule has 3 aliphatic heterocycles. The van der Waals surface area contributed by atoms with Crippen LogP contribution in [0.1, 0.15) is 15.9 Å². The van der Waals surface area contributed by atoms with Gasteiger partial charge in [-0.2, -0.15) is 0 Å². The van der Waals surface area contributed by atoms with E-state index in [-0.39, 0.29) is 37.9 Å². The second-order valence-electron chi connectivity index (χ2n) is 12.0. The van der Waals surface area contributed by atoms with Crippen LogP contribution in [0.2, 0.25) is 0 Å². The maximum Gasteiger partial charge on any atom is 0.509 e. The van der Waals surface area contributed by atoms with Crippen LogP contribution in [0, 0.1) is 0 Å². The predicted octanol–water partition coefficient (Wildman–Crippen LogP) is 5.14. The molecule has 0 aromatic heterocycles. The molecule has 4 atom stereocenters. The van der Waals surface area contributed by atoms with Gasteiger partial charge in [0.15, 0.2) is 35.2 Å². The molecule has 54 heavy (non-hydrogen) atoms. The predicted molar refractivity (Wildman–Crippen MR) is 185 cm³/mol. The first-order chi connectivity index (χ1) is 26.1. The van der Waals surface area contributed by atoms with E-state index in [1.165, 1.54) is 40.5 Å². The van der Waals surface area contributed by atoms with Gasteiger partial charge < -0.3 is 61.7 Å². The lowest BCUT2D eigenvalue weighted by molar-refractivity contribution is -0.246. The standard InChI is InChI=1S/C37H37NO16/c1-7-11-45-36(41)51-27-17-48-34(32(54-37(42)46-12-8-2)31(27)53-35(40)38(3)4)52-30-21-15-25(44-6)24(43-5)14-20(21)28(29-22(30)16-47-33(29)39)19-9-10-23-26(13-19)50-18-49-23/h7-10,13-15,27,31-32,34H,1-2,11-12,16-18H2,3-6H3/t27-,31+,32-,34?/m1/s1. The molecule has 286 valence electrons. The third-order valence-corrected chi connectivity index (χ3v) is 8.41. The number of esters is 1. The van der Waals surface area contributed by atoms with E-state index in [4.69, 9.17) is 56.8 Å². The molecular formula is C37H37NO16. The Bertz CT molecular complexity index is 1980. The molecule has 1 fully saturated rings. The van der Waals surface area contributed by atoms with Gasteiger partial charge in [0.2, 0.25) is 19.2 Å². The smallest absolute Gasteiger partial charge is 0.493 e. The lowest BCUT2D eigenvalue weighted by Gasteiger charge is -2.40. The van der Waals surface area contributed by atoms with Gasteiger partial charge in [-0.15, -0.1) is 0 Å². The summed E-state index contributed by atoms with van der Waals surface area (Å²) in [7, 11) is 5.77. The summed E-state index contributed by atoms with van der Waals surface area (Å²) in [6, 6.07) is 8.57. The molecule has 6 rings (SSSR count). The van der Waals surface area contributed by atoms with E-state index in [1.807, 2.05) is 0 Å². The number of ether oxygens (including phenoxy) is 12. The van der Waals surface area contributed by atoms with Crippen LogP contribution in [0.15, 0.2) is 55.6 Å². The number of carbonyl (C=O) groups excluding carboxylic acids is 4. The summed E-state index contributed by atoms with van der Waals surface area (Å²) in [6.07, 6.45) is -6.71. The molecule has 1 unspecified atom stereocenters. The second-order valence-corrected chi connectivity index (χ2v) is 12.0. The van der Waals surface area contributed by atoms with Gasteiger partial charge in [0.25, 0.3) is 0 Å². The van der Waals surface area contributed by atoms with Gasteiger partial charge in [-0.1, -0.05) is 31.4 Å². The molecule has 0 spiro atoms. The Hall–Kier alpha value is -6.36. The average molecular weight is 752 g/mol. The third-order valence-electron chi connectivity index (χ3n) is 8.41. The summed E-state index contributed by atoms with van der Waals surface area (Å²) < 4.78 is 67.5. The molecule has 0 radical (unpaired) electrons. The second kappa shape index (κ2) is 16.1. The molecule has 1 amide bonds. The van der Waals surface area contributed by atoms with Crippen molar-refractivity contribution in [2.24, 2.45) is 0 Å². The fourth-order valence-corrected chi connectivity index (χ4v) is 6.00. The van der Waals surface area contributed by atoms with E-state index in [9.17, 15) is 19.2 Å². The first-order valence-corrected chi connectivity index (χ1v) is 16.4. The largest absolute Gasteiger partial charge is 0.509 e. The van der Waals surface area contributed by atoms with Gasteiger partial charge >= 0.3 is 24.4 Å². The van der Waals surface area contributed by atoms with E-state index in [1.54, 1.807) is 30.3 Å². The van der Waals surface area contributed by atoms with Gasteiger partial charge in [0.05, 0.1) is 26.4 Å². The zero-order valence-electron chi connectivity index (χ0n) is 29.8. The van der Waals surface area contributed by atoms with Gasteiger partial charge in [-0.05, 0) is 35.2 Å². The van der Waals surface area contributed by atoms with E-state index in [0.29, 0.717) is 50.5 Å². The molecule has 0 N–H and O–H groups in total. The Morgan fingerprint density at radius 3 is 2.17 bits per heavy atom. The maximum absolute atomic E-state index is 13.6. The highest BCUT2D eigenvalue weighted by Crippen LogP contribution is 2.50. The SMILES string of the molecule is C=CCOC(=O)O[C@@H]1COC(Oc2c3c(c(-c4ccc5c(c4)OCO5)c4cc(OC)c(OC)cc24)C(=O)OC3)[C@H](OC(=O)OCC=C)[C@H]1OC(=O)N(C)C. The van der Waals surface area contributed by atoms with Crippen molar-refractivity contribution in [1.29, 1.82) is 0 Å². The Kier molecular flexibility index (Phi) is 11.2. The van der Waals surface area contributed by atoms with Crippen molar-refractivity contribution in [2.75, 3.05) is 54.9 Å². The first-order valence-electron chi connectivity index (χ1n) is 16.4. The van der Waals surface area contributed by atoms with Crippen LogP contribution >= 0.6 is 0 Å². The van der Waals surface area contributed by atoms with Crippen LogP contribution in [0.25, 0.3) is 21.9 Å². The zero-order chi connectivity index (χ0) is 38.5. The summed E-state index contributed by atoms with van der Waals surface area (Å²) in [5.41, 5.74) is 1.56. The monoisotopic (exact) mass is 751 g/mol. The van der Waals surface area contributed by atoms with Gasteiger partial charge in [-0.3, -0.25) is 0 Å². The van der Waals surface area contributed by atoms with Crippen molar-refractivity contribution in [2.45, 2.75) is 31.2 Å². The Morgan fingerprint density at radius 1 is 0.833 bits per heavy atom. The van der Waals surface area contributed by atoms with Crippen LogP contribution in [0.3, 0.4) is 0 Å². The lowest BCUT2D eigenvalue weighted by Crippen LogP contribution is -2.59. The number of methoxy groups -OCH3 is 2. The van der Waals surface area contributed by atoms with E-state index in [2.05, 4.69) is 13.2 Å². The molecule has 3 heterocycles. The van der Waals surface area contributed by atoms with Crippen molar-refractivity contribution >= 4 is 35.1 Å². The first kappa shape index (κ1) is 37.4. The molecule has 0 aliphatic carbocycles. The number of nitrogens with zero attached hydrogens (tertiary/aromatic N) is 1. The summed E-state index contributed by atoms with van der Waals surface area (Å²) in [4.78, 5) is 53.2. The number of benzene rings is 3. The van der Waals surface area contributed by atoms with Crippen molar-refractivity contribution in [1.82, 2.24) is 4.90 Å². The molecule has 0 saturated carbocycles.